The van der Waals surface area contributed by atoms with Gasteiger partial charge in [-0.2, -0.15) is 0 Å². The Morgan fingerprint density at radius 1 is 1.14 bits per heavy atom. The number of carbonyl (C=O) groups excluding carboxylic acids is 1. The van der Waals surface area contributed by atoms with E-state index in [1.807, 2.05) is 0 Å². The highest BCUT2D eigenvalue weighted by Crippen LogP contribution is 1.87. The smallest absolute Gasteiger partial charge is 0.223 e. The van der Waals surface area contributed by atoms with Gasteiger partial charge in [-0.3, -0.25) is 9.79 Å². The van der Waals surface area contributed by atoms with Gasteiger partial charge in [0.1, 0.15) is 0 Å². The Labute approximate surface area is 128 Å². The predicted octanol–water partition coefficient (Wildman–Crippen LogP) is -0.402. The molecule has 0 saturated heterocycles. The van der Waals surface area contributed by atoms with E-state index < -0.39 is 0 Å². The SMILES string of the molecule is CN=C(NCCC(=O)N(C)C)NCCN(C)CCCOC. The van der Waals surface area contributed by atoms with Crippen LogP contribution in [0.3, 0.4) is 0 Å². The highest BCUT2D eigenvalue weighted by Gasteiger charge is 2.04. The molecular formula is C14H31N5O2. The molecule has 2 N–H and O–H groups in total. The second-order valence-electron chi connectivity index (χ2n) is 5.11. The van der Waals surface area contributed by atoms with Crippen LogP contribution in [0, 0.1) is 0 Å². The van der Waals surface area contributed by atoms with Crippen LogP contribution in [0.15, 0.2) is 4.99 Å². The van der Waals surface area contributed by atoms with Gasteiger partial charge in [0.25, 0.3) is 0 Å². The maximum absolute atomic E-state index is 11.4. The molecule has 0 rings (SSSR count). The fraction of sp³-hybridized carbons (Fsp3) is 0.857. The zero-order valence-corrected chi connectivity index (χ0v) is 14.1. The topological polar surface area (TPSA) is 69.2 Å². The Hall–Kier alpha value is -1.34. The second-order valence-corrected chi connectivity index (χ2v) is 5.11. The lowest BCUT2D eigenvalue weighted by Crippen LogP contribution is -2.42. The van der Waals surface area contributed by atoms with Crippen molar-refractivity contribution in [3.8, 4) is 0 Å². The van der Waals surface area contributed by atoms with Crippen LogP contribution in [0.2, 0.25) is 0 Å². The monoisotopic (exact) mass is 301 g/mol. The van der Waals surface area contributed by atoms with Crippen molar-refractivity contribution in [1.29, 1.82) is 0 Å². The third-order valence-corrected chi connectivity index (χ3v) is 3.03. The van der Waals surface area contributed by atoms with E-state index in [-0.39, 0.29) is 5.91 Å². The molecule has 0 heterocycles. The quantitative estimate of drug-likeness (QED) is 0.326. The summed E-state index contributed by atoms with van der Waals surface area (Å²) in [6.07, 6.45) is 1.50. The standard InChI is InChI=1S/C14H31N5O2/c1-15-14(16-8-7-13(20)18(2)3)17-9-11-19(4)10-6-12-21-5/h6-12H2,1-5H3,(H2,15,16,17). The number of guanidine groups is 1. The lowest BCUT2D eigenvalue weighted by molar-refractivity contribution is -0.128. The molecule has 0 aromatic heterocycles. The van der Waals surface area contributed by atoms with Crippen molar-refractivity contribution in [1.82, 2.24) is 20.4 Å². The zero-order valence-electron chi connectivity index (χ0n) is 14.1. The highest BCUT2D eigenvalue weighted by atomic mass is 16.5. The van der Waals surface area contributed by atoms with Gasteiger partial charge in [0.15, 0.2) is 5.96 Å². The first kappa shape index (κ1) is 19.7. The first-order valence-corrected chi connectivity index (χ1v) is 7.33. The summed E-state index contributed by atoms with van der Waals surface area (Å²) >= 11 is 0. The average molecular weight is 301 g/mol. The van der Waals surface area contributed by atoms with Crippen molar-refractivity contribution >= 4 is 11.9 Å². The maximum Gasteiger partial charge on any atom is 0.223 e. The summed E-state index contributed by atoms with van der Waals surface area (Å²) in [5.74, 6) is 0.836. The Morgan fingerprint density at radius 3 is 2.38 bits per heavy atom. The molecule has 0 radical (unpaired) electrons. The molecule has 0 fully saturated rings. The van der Waals surface area contributed by atoms with E-state index in [1.54, 1.807) is 33.2 Å². The number of ether oxygens (including phenoxy) is 1. The first-order valence-electron chi connectivity index (χ1n) is 7.33. The molecule has 7 heteroatoms. The number of methoxy groups -OCH3 is 1. The largest absolute Gasteiger partial charge is 0.385 e. The molecule has 0 aliphatic carbocycles. The third kappa shape index (κ3) is 11.0. The third-order valence-electron chi connectivity index (χ3n) is 3.03. The lowest BCUT2D eigenvalue weighted by Gasteiger charge is -2.18. The number of aliphatic imine (C=N–C) groups is 1. The number of amides is 1. The van der Waals surface area contributed by atoms with Gasteiger partial charge in [-0.25, -0.2) is 0 Å². The van der Waals surface area contributed by atoms with E-state index in [0.717, 1.165) is 38.6 Å². The highest BCUT2D eigenvalue weighted by molar-refractivity contribution is 5.81. The van der Waals surface area contributed by atoms with Crippen LogP contribution in [-0.4, -0.2) is 89.8 Å². The van der Waals surface area contributed by atoms with E-state index in [1.165, 1.54) is 0 Å². The molecule has 0 aromatic rings. The summed E-state index contributed by atoms with van der Waals surface area (Å²) in [4.78, 5) is 19.4. The number of carbonyl (C=O) groups is 1. The summed E-state index contributed by atoms with van der Waals surface area (Å²) in [5.41, 5.74) is 0. The van der Waals surface area contributed by atoms with Gasteiger partial charge in [0.2, 0.25) is 5.91 Å². The molecule has 21 heavy (non-hydrogen) atoms. The normalized spacial score (nSPS) is 11.6. The molecule has 0 aliphatic heterocycles. The van der Waals surface area contributed by atoms with E-state index in [0.29, 0.717) is 13.0 Å². The van der Waals surface area contributed by atoms with Gasteiger partial charge in [-0.15, -0.1) is 0 Å². The second kappa shape index (κ2) is 12.4. The number of nitrogens with one attached hydrogen (secondary N) is 2. The minimum absolute atomic E-state index is 0.107. The van der Waals surface area contributed by atoms with Gasteiger partial charge >= 0.3 is 0 Å². The van der Waals surface area contributed by atoms with E-state index in [2.05, 4.69) is 27.6 Å². The lowest BCUT2D eigenvalue weighted by atomic mass is 10.4. The first-order chi connectivity index (χ1) is 10.0. The average Bonchev–Trinajstić information content (AvgIpc) is 2.45. The van der Waals surface area contributed by atoms with Gasteiger partial charge in [-0.1, -0.05) is 0 Å². The van der Waals surface area contributed by atoms with E-state index in [9.17, 15) is 4.79 Å². The molecule has 0 spiro atoms. The molecule has 0 saturated carbocycles. The maximum atomic E-state index is 11.4. The van der Waals surface area contributed by atoms with Crippen molar-refractivity contribution in [3.63, 3.8) is 0 Å². The van der Waals surface area contributed by atoms with Crippen molar-refractivity contribution in [2.75, 3.05) is 68.1 Å². The Morgan fingerprint density at radius 2 is 1.81 bits per heavy atom. The van der Waals surface area contributed by atoms with Gasteiger partial charge < -0.3 is 25.2 Å². The molecule has 0 unspecified atom stereocenters. The fourth-order valence-electron chi connectivity index (χ4n) is 1.69. The van der Waals surface area contributed by atoms with E-state index in [4.69, 9.17) is 4.74 Å². The number of rotatable bonds is 10. The molecule has 0 aromatic carbocycles. The fourth-order valence-corrected chi connectivity index (χ4v) is 1.69. The number of nitrogens with zero attached hydrogens (tertiary/aromatic N) is 3. The molecule has 0 aliphatic rings. The van der Waals surface area contributed by atoms with Crippen molar-refractivity contribution < 1.29 is 9.53 Å². The minimum atomic E-state index is 0.107. The summed E-state index contributed by atoms with van der Waals surface area (Å²) in [7, 11) is 9.05. The number of likely N-dealkylation sites (N-methyl/N-ethyl adjacent to an activating group) is 1. The van der Waals surface area contributed by atoms with Gasteiger partial charge in [-0.05, 0) is 13.5 Å². The minimum Gasteiger partial charge on any atom is -0.385 e. The van der Waals surface area contributed by atoms with Crippen molar-refractivity contribution in [3.05, 3.63) is 0 Å². The van der Waals surface area contributed by atoms with Crippen LogP contribution in [0.4, 0.5) is 0 Å². The molecular weight excluding hydrogens is 270 g/mol. The summed E-state index contributed by atoms with van der Waals surface area (Å²) in [6.45, 7) is 4.13. The van der Waals surface area contributed by atoms with Gasteiger partial charge in [0.05, 0.1) is 0 Å². The van der Waals surface area contributed by atoms with Crippen molar-refractivity contribution in [2.24, 2.45) is 4.99 Å². The Balaban J connectivity index is 3.73. The molecule has 124 valence electrons. The van der Waals surface area contributed by atoms with E-state index >= 15 is 0 Å². The Bertz CT molecular complexity index is 308. The Kier molecular flexibility index (Phi) is 11.6. The van der Waals surface area contributed by atoms with Crippen LogP contribution in [0.1, 0.15) is 12.8 Å². The molecule has 7 nitrogen and oxygen atoms in total. The number of hydrogen-bond donors (Lipinski definition) is 2. The van der Waals surface area contributed by atoms with Crippen LogP contribution in [-0.2, 0) is 9.53 Å². The summed E-state index contributed by atoms with van der Waals surface area (Å²) < 4.78 is 5.03. The van der Waals surface area contributed by atoms with Crippen LogP contribution in [0.5, 0.6) is 0 Å². The van der Waals surface area contributed by atoms with Gasteiger partial charge in [0, 0.05) is 67.5 Å². The van der Waals surface area contributed by atoms with Crippen molar-refractivity contribution in [2.45, 2.75) is 12.8 Å². The molecule has 1 amide bonds. The molecule has 0 atom stereocenters. The van der Waals surface area contributed by atoms with Crippen LogP contribution >= 0.6 is 0 Å². The predicted molar refractivity (Wildman–Crippen MR) is 86.7 cm³/mol. The summed E-state index contributed by atoms with van der Waals surface area (Å²) in [6, 6.07) is 0. The summed E-state index contributed by atoms with van der Waals surface area (Å²) in [5, 5.41) is 6.37. The zero-order chi connectivity index (χ0) is 16.1. The molecule has 0 bridgehead atoms. The van der Waals surface area contributed by atoms with Crippen LogP contribution in [0.25, 0.3) is 0 Å². The number of hydrogen-bond acceptors (Lipinski definition) is 4. The van der Waals surface area contributed by atoms with Crippen LogP contribution < -0.4 is 10.6 Å².